The number of nitrogens with one attached hydrogen (secondary N) is 2. The van der Waals surface area contributed by atoms with Crippen LogP contribution in [0.1, 0.15) is 32.7 Å². The molecule has 9 atom stereocenters. The van der Waals surface area contributed by atoms with Crippen molar-refractivity contribution in [1.29, 1.82) is 0 Å². The number of anilines is 2. The van der Waals surface area contributed by atoms with Crippen LogP contribution in [-0.4, -0.2) is 93.7 Å². The summed E-state index contributed by atoms with van der Waals surface area (Å²) in [6, 6.07) is 0. The second-order valence-electron chi connectivity index (χ2n) is 11.3. The van der Waals surface area contributed by atoms with Crippen LogP contribution in [0.15, 0.2) is 23.8 Å². The fraction of sp³-hybridized carbons (Fsp3) is 0.542. The zero-order chi connectivity index (χ0) is 35.2. The Hall–Kier alpha value is -3.40. The number of H-pyrrole nitrogens is 1. The lowest BCUT2D eigenvalue weighted by atomic mass is 10.1. The number of aromatic amines is 1. The Morgan fingerprint density at radius 2 is 1.90 bits per heavy atom. The summed E-state index contributed by atoms with van der Waals surface area (Å²) in [5.41, 5.74) is 5.12. The molecule has 5 N–H and O–H groups in total. The second-order valence-corrected chi connectivity index (χ2v) is 15.0. The molecule has 2 fully saturated rings. The molecule has 6 rings (SSSR count). The van der Waals surface area contributed by atoms with Gasteiger partial charge in [0.1, 0.15) is 30.2 Å². The molecule has 2 aliphatic heterocycles. The van der Waals surface area contributed by atoms with Crippen molar-refractivity contribution >= 4 is 67.3 Å². The van der Waals surface area contributed by atoms with Gasteiger partial charge in [0.25, 0.3) is 5.56 Å². The Morgan fingerprint density at radius 1 is 1.18 bits per heavy atom. The van der Waals surface area contributed by atoms with E-state index in [4.69, 9.17) is 28.8 Å². The molecule has 2 aliphatic rings. The maximum absolute atomic E-state index is 16.1. The van der Waals surface area contributed by atoms with Gasteiger partial charge < -0.3 is 24.6 Å². The number of halogens is 2. The van der Waals surface area contributed by atoms with E-state index in [1.165, 1.54) is 17.2 Å². The predicted octanol–water partition coefficient (Wildman–Crippen LogP) is 1.84. The topological polar surface area (TPSA) is 263 Å². The molecule has 4 aromatic rings. The number of carbonyl (C=O) groups is 1. The van der Waals surface area contributed by atoms with Gasteiger partial charge in [-0.1, -0.05) is 26.1 Å². The number of nitrogens with two attached hydrogens (primary N) is 1. The molecule has 266 valence electrons. The first-order chi connectivity index (χ1) is 23.2. The summed E-state index contributed by atoms with van der Waals surface area (Å²) in [5, 5.41) is 2.44. The van der Waals surface area contributed by atoms with Gasteiger partial charge in [-0.2, -0.15) is 4.98 Å². The number of ether oxygens (including phenoxy) is 2. The van der Waals surface area contributed by atoms with Gasteiger partial charge in [-0.05, 0) is 0 Å². The summed E-state index contributed by atoms with van der Waals surface area (Å²) >= 11 is 3.96. The summed E-state index contributed by atoms with van der Waals surface area (Å²) in [6.07, 6.45) is -7.44. The second kappa shape index (κ2) is 14.1. The first-order valence-electron chi connectivity index (χ1n) is 14.5. The number of thiol groups is 1. The summed E-state index contributed by atoms with van der Waals surface area (Å²) in [6.45, 7) is -2.42. The first kappa shape index (κ1) is 35.4. The maximum atomic E-state index is 16.1. The van der Waals surface area contributed by atoms with Crippen LogP contribution in [-0.2, 0) is 37.0 Å². The number of fused-ring (bicyclic) bond motifs is 2. The van der Waals surface area contributed by atoms with Crippen LogP contribution in [0.3, 0.4) is 0 Å². The predicted molar refractivity (Wildman–Crippen MR) is 168 cm³/mol. The zero-order valence-electron chi connectivity index (χ0n) is 25.5. The SMILES string of the molecule is CC(C)C(=O)Nc1nc2c(ncn2[C@@H]2O[C@H](CO[PH](=O)O)[C@@H](O[P@](=O)(S)OC[C@@H]3C[C@@H](F)[C@H](n4cnc5c(N)ncnc54)O3)[C@H]2F)c(=O)[nH]1. The molecule has 0 saturated carbocycles. The highest BCUT2D eigenvalue weighted by molar-refractivity contribution is 8.44. The lowest BCUT2D eigenvalue weighted by Gasteiger charge is -2.23. The van der Waals surface area contributed by atoms with Crippen LogP contribution in [0.25, 0.3) is 22.3 Å². The number of imidazole rings is 2. The van der Waals surface area contributed by atoms with E-state index in [1.807, 2.05) is 0 Å². The fourth-order valence-electron chi connectivity index (χ4n) is 5.23. The smallest absolute Gasteiger partial charge is 0.382 e. The number of hydrogen-bond acceptors (Lipinski definition) is 15. The van der Waals surface area contributed by atoms with Crippen LogP contribution < -0.4 is 16.6 Å². The minimum Gasteiger partial charge on any atom is -0.382 e. The Bertz CT molecular complexity index is 2000. The Balaban J connectivity index is 1.17. The number of amides is 1. The summed E-state index contributed by atoms with van der Waals surface area (Å²) in [5.74, 6) is -1.06. The molecule has 0 bridgehead atoms. The van der Waals surface area contributed by atoms with Gasteiger partial charge in [-0.3, -0.25) is 42.6 Å². The Kier molecular flexibility index (Phi) is 10.2. The monoisotopic (exact) mass is 750 g/mol. The molecule has 2 saturated heterocycles. The van der Waals surface area contributed by atoms with Crippen molar-refractivity contribution in [3.63, 3.8) is 0 Å². The van der Waals surface area contributed by atoms with Gasteiger partial charge in [-0.25, -0.2) is 33.3 Å². The lowest BCUT2D eigenvalue weighted by molar-refractivity contribution is -0.118. The molecule has 1 unspecified atom stereocenters. The molecule has 25 heteroatoms. The highest BCUT2D eigenvalue weighted by atomic mass is 32.7. The molecule has 20 nitrogen and oxygen atoms in total. The number of rotatable bonds is 12. The molecular formula is C24H30F2N10O10P2S. The number of nitrogens with zero attached hydrogens (tertiary/aromatic N) is 7. The lowest BCUT2D eigenvalue weighted by Crippen LogP contribution is -2.33. The highest BCUT2D eigenvalue weighted by Gasteiger charge is 2.51. The summed E-state index contributed by atoms with van der Waals surface area (Å²) < 4.78 is 85.3. The molecule has 1 amide bonds. The maximum Gasteiger partial charge on any atom is 0.386 e. The van der Waals surface area contributed by atoms with Crippen LogP contribution in [0, 0.1) is 5.92 Å². The largest absolute Gasteiger partial charge is 0.386 e. The van der Waals surface area contributed by atoms with Gasteiger partial charge in [0, 0.05) is 12.3 Å². The van der Waals surface area contributed by atoms with E-state index in [1.54, 1.807) is 13.8 Å². The Morgan fingerprint density at radius 3 is 2.61 bits per heavy atom. The third-order valence-electron chi connectivity index (χ3n) is 7.58. The van der Waals surface area contributed by atoms with Gasteiger partial charge in [0.2, 0.25) is 11.9 Å². The minimum atomic E-state index is -4.47. The van der Waals surface area contributed by atoms with E-state index in [0.717, 1.165) is 10.9 Å². The summed E-state index contributed by atoms with van der Waals surface area (Å²) in [7, 11) is -3.52. The first-order valence-corrected chi connectivity index (χ1v) is 18.5. The molecule has 6 heterocycles. The van der Waals surface area contributed by atoms with Gasteiger partial charge in [0.05, 0.1) is 32.0 Å². The third kappa shape index (κ3) is 7.40. The highest BCUT2D eigenvalue weighted by Crippen LogP contribution is 2.57. The molecule has 0 aliphatic carbocycles. The molecular weight excluding hydrogens is 720 g/mol. The van der Waals surface area contributed by atoms with Crippen molar-refractivity contribution < 1.29 is 50.6 Å². The quantitative estimate of drug-likeness (QED) is 0.102. The molecule has 49 heavy (non-hydrogen) atoms. The van der Waals surface area contributed by atoms with E-state index in [0.29, 0.717) is 0 Å². The molecule has 0 radical (unpaired) electrons. The standard InChI is InChI=1S/C24H30F2N10O10P2S/c1-9(2)20(37)33-24-32-19-15(21(38)34-24)31-8-36(19)23-13(26)16(12(45-23)5-42-47(39)40)46-48(41,49)43-4-10-3-11(25)22(44-10)35-7-30-14-17(27)28-6-29-18(14)35/h6-13,16,22-23,47H,3-5H2,1-2H3,(H,39,40)(H,41,49)(H2,27,28,29)(H2,32,33,34,37,38)/t10-,11+,12+,13+,16+,22+,23+,48+/m0/s1. The zero-order valence-corrected chi connectivity index (χ0v) is 28.2. The van der Waals surface area contributed by atoms with Crippen LogP contribution in [0.2, 0.25) is 0 Å². The average molecular weight is 751 g/mol. The van der Waals surface area contributed by atoms with Crippen molar-refractivity contribution in [3.05, 3.63) is 29.3 Å². The average Bonchev–Trinajstić information content (AvgIpc) is 3.81. The van der Waals surface area contributed by atoms with Crippen molar-refractivity contribution in [3.8, 4) is 0 Å². The number of alkyl halides is 2. The number of nitrogen functional groups attached to an aromatic ring is 1. The Labute approximate surface area is 279 Å². The number of carbonyl (C=O) groups excluding carboxylic acids is 1. The summed E-state index contributed by atoms with van der Waals surface area (Å²) in [4.78, 5) is 56.6. The van der Waals surface area contributed by atoms with Crippen LogP contribution in [0.5, 0.6) is 0 Å². The van der Waals surface area contributed by atoms with Crippen molar-refractivity contribution in [2.75, 3.05) is 24.3 Å². The van der Waals surface area contributed by atoms with Crippen molar-refractivity contribution in [2.24, 2.45) is 5.92 Å². The van der Waals surface area contributed by atoms with Crippen LogP contribution >= 0.6 is 27.3 Å². The molecule has 4 aromatic heterocycles. The van der Waals surface area contributed by atoms with Crippen molar-refractivity contribution in [2.45, 2.75) is 63.4 Å². The van der Waals surface area contributed by atoms with E-state index < -0.39 is 88.8 Å². The molecule has 0 aromatic carbocycles. The number of aromatic nitrogens is 8. The van der Waals surface area contributed by atoms with E-state index in [2.05, 4.69) is 47.5 Å². The fourth-order valence-corrected chi connectivity index (χ4v) is 7.04. The minimum absolute atomic E-state index is 0.0933. The van der Waals surface area contributed by atoms with Gasteiger partial charge in [0.15, 0.2) is 41.3 Å². The van der Waals surface area contributed by atoms with Crippen molar-refractivity contribution in [1.82, 2.24) is 39.0 Å². The van der Waals surface area contributed by atoms with Gasteiger partial charge in [-0.15, -0.1) is 0 Å². The normalized spacial score (nSPS) is 27.6. The van der Waals surface area contributed by atoms with E-state index in [9.17, 15) is 23.6 Å². The van der Waals surface area contributed by atoms with E-state index in [-0.39, 0.29) is 40.5 Å². The van der Waals surface area contributed by atoms with Crippen LogP contribution in [0.4, 0.5) is 20.5 Å². The number of hydrogen-bond donors (Lipinski definition) is 5. The van der Waals surface area contributed by atoms with E-state index >= 15 is 8.78 Å². The van der Waals surface area contributed by atoms with Gasteiger partial charge >= 0.3 is 15.1 Å². The third-order valence-corrected chi connectivity index (χ3v) is 9.61. The molecule has 0 spiro atoms.